The third kappa shape index (κ3) is 2.99. The van der Waals surface area contributed by atoms with Crippen molar-refractivity contribution < 1.29 is 0 Å². The van der Waals surface area contributed by atoms with Crippen LogP contribution in [0, 0.1) is 0 Å². The van der Waals surface area contributed by atoms with Gasteiger partial charge in [-0.05, 0) is 33.1 Å². The highest BCUT2D eigenvalue weighted by Gasteiger charge is 2.29. The van der Waals surface area contributed by atoms with Crippen LogP contribution in [-0.2, 0) is 6.54 Å². The number of nitrogens with one attached hydrogen (secondary N) is 1. The zero-order valence-electron chi connectivity index (χ0n) is 11.1. The molecule has 1 aliphatic rings. The molecule has 0 spiro atoms. The Morgan fingerprint density at radius 3 is 3.00 bits per heavy atom. The standard InChI is InChI=1S/C13H23N3S/c1-4-11-7-6-10(3)16(11)9-12-8-15-13(17-12)14-5-2/h8,10-11H,4-7,9H2,1-3H3,(H,14,15). The van der Waals surface area contributed by atoms with E-state index in [0.29, 0.717) is 0 Å². The summed E-state index contributed by atoms with van der Waals surface area (Å²) in [4.78, 5) is 8.43. The van der Waals surface area contributed by atoms with Gasteiger partial charge in [0.2, 0.25) is 0 Å². The van der Waals surface area contributed by atoms with Crippen LogP contribution in [-0.4, -0.2) is 28.5 Å². The van der Waals surface area contributed by atoms with E-state index in [1.165, 1.54) is 24.1 Å². The van der Waals surface area contributed by atoms with E-state index in [1.54, 1.807) is 11.3 Å². The second-order valence-electron chi connectivity index (χ2n) is 4.82. The summed E-state index contributed by atoms with van der Waals surface area (Å²) in [6, 6.07) is 1.50. The first-order valence-corrected chi connectivity index (χ1v) is 7.50. The van der Waals surface area contributed by atoms with Gasteiger partial charge in [-0.3, -0.25) is 4.90 Å². The molecule has 2 rings (SSSR count). The van der Waals surface area contributed by atoms with Crippen molar-refractivity contribution in [2.45, 2.75) is 58.7 Å². The molecular formula is C13H23N3S. The van der Waals surface area contributed by atoms with Crippen LogP contribution < -0.4 is 5.32 Å². The van der Waals surface area contributed by atoms with E-state index >= 15 is 0 Å². The van der Waals surface area contributed by atoms with Gasteiger partial charge in [0.25, 0.3) is 0 Å². The lowest BCUT2D eigenvalue weighted by Crippen LogP contribution is -2.33. The lowest BCUT2D eigenvalue weighted by Gasteiger charge is -2.26. The largest absolute Gasteiger partial charge is 0.362 e. The van der Waals surface area contributed by atoms with Crippen molar-refractivity contribution >= 4 is 16.5 Å². The van der Waals surface area contributed by atoms with Crippen LogP contribution in [0.25, 0.3) is 0 Å². The molecule has 0 radical (unpaired) electrons. The maximum atomic E-state index is 4.40. The summed E-state index contributed by atoms with van der Waals surface area (Å²) in [6.07, 6.45) is 6.00. The minimum atomic E-state index is 0.727. The highest BCUT2D eigenvalue weighted by atomic mass is 32.1. The molecule has 0 saturated carbocycles. The Morgan fingerprint density at radius 1 is 1.47 bits per heavy atom. The number of rotatable bonds is 5. The summed E-state index contributed by atoms with van der Waals surface area (Å²) in [6.45, 7) is 8.78. The van der Waals surface area contributed by atoms with Crippen molar-refractivity contribution in [2.24, 2.45) is 0 Å². The van der Waals surface area contributed by atoms with Gasteiger partial charge in [0.15, 0.2) is 5.13 Å². The van der Waals surface area contributed by atoms with E-state index in [2.05, 4.69) is 36.0 Å². The summed E-state index contributed by atoms with van der Waals surface area (Å²) >= 11 is 1.79. The summed E-state index contributed by atoms with van der Waals surface area (Å²) in [5.74, 6) is 0. The highest BCUT2D eigenvalue weighted by Crippen LogP contribution is 2.29. The van der Waals surface area contributed by atoms with Gasteiger partial charge in [-0.2, -0.15) is 0 Å². The number of nitrogens with zero attached hydrogens (tertiary/aromatic N) is 2. The average Bonchev–Trinajstić information content (AvgIpc) is 2.89. The average molecular weight is 253 g/mol. The number of hydrogen-bond acceptors (Lipinski definition) is 4. The maximum Gasteiger partial charge on any atom is 0.182 e. The predicted octanol–water partition coefficient (Wildman–Crippen LogP) is 3.34. The van der Waals surface area contributed by atoms with Gasteiger partial charge in [0.1, 0.15) is 0 Å². The number of thiazole rings is 1. The minimum absolute atomic E-state index is 0.727. The molecule has 96 valence electrons. The molecule has 0 aromatic carbocycles. The van der Waals surface area contributed by atoms with Gasteiger partial charge in [-0.1, -0.05) is 6.92 Å². The molecular weight excluding hydrogens is 230 g/mol. The zero-order valence-corrected chi connectivity index (χ0v) is 11.9. The zero-order chi connectivity index (χ0) is 12.3. The Kier molecular flexibility index (Phi) is 4.40. The van der Waals surface area contributed by atoms with Gasteiger partial charge < -0.3 is 5.32 Å². The molecule has 1 aromatic rings. The van der Waals surface area contributed by atoms with Crippen molar-refractivity contribution in [1.29, 1.82) is 0 Å². The molecule has 0 aliphatic carbocycles. The van der Waals surface area contributed by atoms with Gasteiger partial charge in [0, 0.05) is 36.2 Å². The van der Waals surface area contributed by atoms with Gasteiger partial charge >= 0.3 is 0 Å². The predicted molar refractivity (Wildman–Crippen MR) is 74.6 cm³/mol. The molecule has 1 saturated heterocycles. The Bertz CT molecular complexity index is 350. The summed E-state index contributed by atoms with van der Waals surface area (Å²) < 4.78 is 0. The third-order valence-corrected chi connectivity index (χ3v) is 4.58. The number of hydrogen-bond donors (Lipinski definition) is 1. The second kappa shape index (κ2) is 5.83. The van der Waals surface area contributed by atoms with Crippen LogP contribution in [0.2, 0.25) is 0 Å². The molecule has 1 aromatic heterocycles. The molecule has 0 amide bonds. The second-order valence-corrected chi connectivity index (χ2v) is 5.94. The summed E-state index contributed by atoms with van der Waals surface area (Å²) in [5.41, 5.74) is 0. The van der Waals surface area contributed by atoms with E-state index in [9.17, 15) is 0 Å². The SMILES string of the molecule is CCNc1ncc(CN2C(C)CCC2CC)s1. The quantitative estimate of drug-likeness (QED) is 0.872. The lowest BCUT2D eigenvalue weighted by molar-refractivity contribution is 0.191. The molecule has 4 heteroatoms. The number of aromatic nitrogens is 1. The molecule has 3 nitrogen and oxygen atoms in total. The van der Waals surface area contributed by atoms with Gasteiger partial charge in [-0.25, -0.2) is 4.98 Å². The van der Waals surface area contributed by atoms with Crippen LogP contribution >= 0.6 is 11.3 Å². The topological polar surface area (TPSA) is 28.2 Å². The molecule has 0 bridgehead atoms. The Balaban J connectivity index is 1.98. The van der Waals surface area contributed by atoms with Crippen LogP contribution in [0.1, 0.15) is 44.9 Å². The van der Waals surface area contributed by atoms with E-state index in [4.69, 9.17) is 0 Å². The number of anilines is 1. The van der Waals surface area contributed by atoms with Crippen molar-refractivity contribution in [1.82, 2.24) is 9.88 Å². The van der Waals surface area contributed by atoms with Crippen molar-refractivity contribution in [2.75, 3.05) is 11.9 Å². The third-order valence-electron chi connectivity index (χ3n) is 3.64. The lowest BCUT2D eigenvalue weighted by atomic mass is 10.1. The van der Waals surface area contributed by atoms with Crippen LogP contribution in [0.4, 0.5) is 5.13 Å². The Hall–Kier alpha value is -0.610. The fraction of sp³-hybridized carbons (Fsp3) is 0.769. The smallest absolute Gasteiger partial charge is 0.182 e. The molecule has 2 unspecified atom stereocenters. The van der Waals surface area contributed by atoms with E-state index in [1.807, 2.05) is 6.20 Å². The Morgan fingerprint density at radius 2 is 2.29 bits per heavy atom. The summed E-state index contributed by atoms with van der Waals surface area (Å²) in [5, 5.41) is 4.34. The molecule has 1 aliphatic heterocycles. The first-order valence-electron chi connectivity index (χ1n) is 6.68. The minimum Gasteiger partial charge on any atom is -0.362 e. The van der Waals surface area contributed by atoms with Crippen molar-refractivity contribution in [3.05, 3.63) is 11.1 Å². The molecule has 2 heterocycles. The van der Waals surface area contributed by atoms with Crippen LogP contribution in [0.5, 0.6) is 0 Å². The van der Waals surface area contributed by atoms with E-state index in [0.717, 1.165) is 30.3 Å². The molecule has 1 N–H and O–H groups in total. The van der Waals surface area contributed by atoms with Gasteiger partial charge in [-0.15, -0.1) is 11.3 Å². The molecule has 1 fully saturated rings. The van der Waals surface area contributed by atoms with Crippen LogP contribution in [0.3, 0.4) is 0 Å². The summed E-state index contributed by atoms with van der Waals surface area (Å²) in [7, 11) is 0. The highest BCUT2D eigenvalue weighted by molar-refractivity contribution is 7.15. The van der Waals surface area contributed by atoms with Crippen molar-refractivity contribution in [3.8, 4) is 0 Å². The first-order chi connectivity index (χ1) is 8.24. The molecule has 2 atom stereocenters. The normalized spacial score (nSPS) is 25.4. The fourth-order valence-corrected chi connectivity index (χ4v) is 3.53. The van der Waals surface area contributed by atoms with E-state index in [-0.39, 0.29) is 0 Å². The maximum absolute atomic E-state index is 4.40. The monoisotopic (exact) mass is 253 g/mol. The van der Waals surface area contributed by atoms with Crippen molar-refractivity contribution in [3.63, 3.8) is 0 Å². The first kappa shape index (κ1) is 12.8. The van der Waals surface area contributed by atoms with Crippen LogP contribution in [0.15, 0.2) is 6.20 Å². The Labute approximate surface area is 108 Å². The van der Waals surface area contributed by atoms with E-state index < -0.39 is 0 Å². The number of likely N-dealkylation sites (tertiary alicyclic amines) is 1. The fourth-order valence-electron chi connectivity index (χ4n) is 2.64. The molecule has 17 heavy (non-hydrogen) atoms. The van der Waals surface area contributed by atoms with Gasteiger partial charge in [0.05, 0.1) is 0 Å².